The number of nitrogens with one attached hydrogen (secondary N) is 1. The summed E-state index contributed by atoms with van der Waals surface area (Å²) in [7, 11) is 0. The molecule has 0 bridgehead atoms. The number of carbonyl (C=O) groups excluding carboxylic acids is 1. The zero-order chi connectivity index (χ0) is 13.9. The Bertz CT molecular complexity index is 502. The van der Waals surface area contributed by atoms with E-state index in [0.29, 0.717) is 9.49 Å². The average molecular weight is 384 g/mol. The van der Waals surface area contributed by atoms with Crippen molar-refractivity contribution >= 4 is 40.1 Å². The molecule has 0 fully saturated rings. The van der Waals surface area contributed by atoms with Crippen LogP contribution in [-0.4, -0.2) is 21.5 Å². The van der Waals surface area contributed by atoms with Crippen molar-refractivity contribution in [2.75, 3.05) is 0 Å². The monoisotopic (exact) mass is 383 g/mol. The SMILES string of the molecule is CC(C)C(C)NC(=O)Cn1cnc(Cl)c(I)c1=O. The molecule has 0 saturated heterocycles. The smallest absolute Gasteiger partial charge is 0.268 e. The summed E-state index contributed by atoms with van der Waals surface area (Å²) < 4.78 is 1.57. The average Bonchev–Trinajstić information content (AvgIpc) is 2.29. The van der Waals surface area contributed by atoms with E-state index in [-0.39, 0.29) is 29.2 Å². The molecule has 18 heavy (non-hydrogen) atoms. The zero-order valence-corrected chi connectivity index (χ0v) is 13.3. The van der Waals surface area contributed by atoms with Crippen molar-refractivity contribution in [3.05, 3.63) is 25.4 Å². The first kappa shape index (κ1) is 15.4. The lowest BCUT2D eigenvalue weighted by atomic mass is 10.1. The number of hydrogen-bond acceptors (Lipinski definition) is 3. The predicted octanol–water partition coefficient (Wildman–Crippen LogP) is 1.66. The van der Waals surface area contributed by atoms with E-state index in [2.05, 4.69) is 10.3 Å². The second kappa shape index (κ2) is 6.51. The maximum atomic E-state index is 11.8. The first-order chi connectivity index (χ1) is 8.32. The van der Waals surface area contributed by atoms with Crippen LogP contribution in [0.2, 0.25) is 5.15 Å². The van der Waals surface area contributed by atoms with Crippen LogP contribution in [0.5, 0.6) is 0 Å². The number of rotatable bonds is 4. The molecule has 0 saturated carbocycles. The first-order valence-corrected chi connectivity index (χ1v) is 6.98. The van der Waals surface area contributed by atoms with E-state index in [4.69, 9.17) is 11.6 Å². The fourth-order valence-corrected chi connectivity index (χ4v) is 1.75. The van der Waals surface area contributed by atoms with Gasteiger partial charge in [-0.15, -0.1) is 0 Å². The standard InChI is InChI=1S/C11H15ClIN3O2/c1-6(2)7(3)15-8(17)4-16-5-14-10(12)9(13)11(16)18/h5-7H,4H2,1-3H3,(H,15,17). The topological polar surface area (TPSA) is 64.0 Å². The molecule has 1 N–H and O–H groups in total. The summed E-state index contributed by atoms with van der Waals surface area (Å²) in [6, 6.07) is 0.0625. The number of hydrogen-bond donors (Lipinski definition) is 1. The van der Waals surface area contributed by atoms with Crippen LogP contribution < -0.4 is 10.9 Å². The molecule has 7 heteroatoms. The Morgan fingerprint density at radius 2 is 2.17 bits per heavy atom. The quantitative estimate of drug-likeness (QED) is 0.635. The molecule has 0 spiro atoms. The molecule has 0 aliphatic rings. The van der Waals surface area contributed by atoms with Crippen molar-refractivity contribution in [2.45, 2.75) is 33.4 Å². The fraction of sp³-hybridized carbons (Fsp3) is 0.545. The molecule has 0 aliphatic carbocycles. The van der Waals surface area contributed by atoms with Gasteiger partial charge in [-0.3, -0.25) is 14.2 Å². The number of carbonyl (C=O) groups is 1. The fourth-order valence-electron chi connectivity index (χ4n) is 1.18. The lowest BCUT2D eigenvalue weighted by Gasteiger charge is -2.17. The van der Waals surface area contributed by atoms with Gasteiger partial charge in [-0.2, -0.15) is 0 Å². The Morgan fingerprint density at radius 1 is 1.56 bits per heavy atom. The molecule has 1 rings (SSSR count). The largest absolute Gasteiger partial charge is 0.352 e. The Balaban J connectivity index is 2.77. The van der Waals surface area contributed by atoms with E-state index >= 15 is 0 Å². The first-order valence-electron chi connectivity index (χ1n) is 5.52. The molecule has 1 unspecified atom stereocenters. The van der Waals surface area contributed by atoms with Crippen LogP contribution in [0.1, 0.15) is 20.8 Å². The minimum atomic E-state index is -0.303. The van der Waals surface area contributed by atoms with Gasteiger partial charge in [0, 0.05) is 6.04 Å². The van der Waals surface area contributed by atoms with Crippen LogP contribution in [-0.2, 0) is 11.3 Å². The Hall–Kier alpha value is -0.630. The van der Waals surface area contributed by atoms with Crippen molar-refractivity contribution in [3.63, 3.8) is 0 Å². The number of nitrogens with zero attached hydrogens (tertiary/aromatic N) is 2. The number of amides is 1. The van der Waals surface area contributed by atoms with Gasteiger partial charge in [0.1, 0.15) is 15.3 Å². The van der Waals surface area contributed by atoms with E-state index in [1.165, 1.54) is 10.9 Å². The highest BCUT2D eigenvalue weighted by Gasteiger charge is 2.13. The van der Waals surface area contributed by atoms with E-state index in [1.807, 2.05) is 43.4 Å². The molecule has 0 aromatic carbocycles. The van der Waals surface area contributed by atoms with Gasteiger partial charge in [0.25, 0.3) is 5.56 Å². The minimum absolute atomic E-state index is 0.0456. The highest BCUT2D eigenvalue weighted by Crippen LogP contribution is 2.09. The van der Waals surface area contributed by atoms with Crippen LogP contribution in [0, 0.1) is 9.49 Å². The van der Waals surface area contributed by atoms with Gasteiger partial charge in [-0.25, -0.2) is 4.98 Å². The van der Waals surface area contributed by atoms with Gasteiger partial charge in [-0.05, 0) is 35.4 Å². The van der Waals surface area contributed by atoms with Crippen molar-refractivity contribution in [1.82, 2.24) is 14.9 Å². The highest BCUT2D eigenvalue weighted by atomic mass is 127. The van der Waals surface area contributed by atoms with Crippen molar-refractivity contribution in [3.8, 4) is 0 Å². The minimum Gasteiger partial charge on any atom is -0.352 e. The van der Waals surface area contributed by atoms with Gasteiger partial charge >= 0.3 is 0 Å². The third-order valence-electron chi connectivity index (χ3n) is 2.64. The van der Waals surface area contributed by atoms with Crippen molar-refractivity contribution in [2.24, 2.45) is 5.92 Å². The summed E-state index contributed by atoms with van der Waals surface area (Å²) >= 11 is 7.53. The van der Waals surface area contributed by atoms with Crippen LogP contribution in [0.25, 0.3) is 0 Å². The van der Waals surface area contributed by atoms with Gasteiger partial charge in [0.15, 0.2) is 0 Å². The zero-order valence-electron chi connectivity index (χ0n) is 10.4. The Labute approximate surface area is 124 Å². The molecule has 1 aromatic rings. The van der Waals surface area contributed by atoms with Crippen LogP contribution in [0.4, 0.5) is 0 Å². The molecule has 5 nitrogen and oxygen atoms in total. The molecule has 1 amide bonds. The normalized spacial score (nSPS) is 12.6. The van der Waals surface area contributed by atoms with Gasteiger partial charge in [0.05, 0.1) is 6.33 Å². The molecular weight excluding hydrogens is 368 g/mol. The summed E-state index contributed by atoms with van der Waals surface area (Å²) in [5, 5.41) is 2.99. The lowest BCUT2D eigenvalue weighted by Crippen LogP contribution is -2.40. The molecule has 0 radical (unpaired) electrons. The van der Waals surface area contributed by atoms with E-state index in [0.717, 1.165) is 0 Å². The Morgan fingerprint density at radius 3 is 2.72 bits per heavy atom. The Kier molecular flexibility index (Phi) is 5.58. The van der Waals surface area contributed by atoms with E-state index < -0.39 is 0 Å². The maximum Gasteiger partial charge on any atom is 0.268 e. The van der Waals surface area contributed by atoms with Crippen LogP contribution in [0.3, 0.4) is 0 Å². The maximum absolute atomic E-state index is 11.8. The molecule has 1 heterocycles. The van der Waals surface area contributed by atoms with Crippen LogP contribution >= 0.6 is 34.2 Å². The number of aromatic nitrogens is 2. The molecule has 100 valence electrons. The predicted molar refractivity (Wildman–Crippen MR) is 78.7 cm³/mol. The lowest BCUT2D eigenvalue weighted by molar-refractivity contribution is -0.122. The van der Waals surface area contributed by atoms with Crippen molar-refractivity contribution < 1.29 is 4.79 Å². The summed E-state index contributed by atoms with van der Waals surface area (Å²) in [4.78, 5) is 27.4. The molecule has 1 aromatic heterocycles. The van der Waals surface area contributed by atoms with Crippen molar-refractivity contribution in [1.29, 1.82) is 0 Å². The third-order valence-corrected chi connectivity index (χ3v) is 4.22. The summed E-state index contributed by atoms with van der Waals surface area (Å²) in [5.74, 6) is 0.132. The van der Waals surface area contributed by atoms with Gasteiger partial charge in [0.2, 0.25) is 5.91 Å². The summed E-state index contributed by atoms with van der Waals surface area (Å²) in [6.45, 7) is 5.92. The second-order valence-electron chi connectivity index (χ2n) is 4.38. The molecule has 0 aliphatic heterocycles. The molecular formula is C11H15ClIN3O2. The number of halogens is 2. The summed E-state index contributed by atoms with van der Waals surface area (Å²) in [5.41, 5.74) is -0.303. The third kappa shape index (κ3) is 3.94. The van der Waals surface area contributed by atoms with Gasteiger partial charge in [-0.1, -0.05) is 25.4 Å². The van der Waals surface area contributed by atoms with E-state index in [1.54, 1.807) is 0 Å². The summed E-state index contributed by atoms with van der Waals surface area (Å²) in [6.07, 6.45) is 1.28. The van der Waals surface area contributed by atoms with Gasteiger partial charge < -0.3 is 5.32 Å². The second-order valence-corrected chi connectivity index (χ2v) is 5.82. The molecule has 1 atom stereocenters. The van der Waals surface area contributed by atoms with E-state index in [9.17, 15) is 9.59 Å². The highest BCUT2D eigenvalue weighted by molar-refractivity contribution is 14.1. The van der Waals surface area contributed by atoms with Crippen LogP contribution in [0.15, 0.2) is 11.1 Å².